The van der Waals surface area contributed by atoms with Crippen LogP contribution in [0.4, 0.5) is 0 Å². The van der Waals surface area contributed by atoms with E-state index in [-0.39, 0.29) is 29.0 Å². The first-order valence-electron chi connectivity index (χ1n) is 11.8. The van der Waals surface area contributed by atoms with E-state index < -0.39 is 6.10 Å². The minimum atomic E-state index is -0.652. The molecule has 3 N–H and O–H groups in total. The molecule has 1 aliphatic carbocycles. The number of pyridine rings is 1. The zero-order chi connectivity index (χ0) is 22.8. The van der Waals surface area contributed by atoms with Gasteiger partial charge in [0, 0.05) is 37.7 Å². The third-order valence-corrected chi connectivity index (χ3v) is 6.35. The van der Waals surface area contributed by atoms with Crippen LogP contribution in [0.15, 0.2) is 12.3 Å². The first kappa shape index (κ1) is 24.0. The lowest BCUT2D eigenvalue weighted by Crippen LogP contribution is -2.52. The number of rotatable bonds is 8. The molecule has 6 heteroatoms. The molecule has 1 aromatic heterocycles. The summed E-state index contributed by atoms with van der Waals surface area (Å²) in [5.41, 5.74) is 2.36. The number of hydrogen-bond acceptors (Lipinski definition) is 5. The standard InChI is InChI=1S/C25H41N3O3/c1-16(2)10-20(28-17(3)29)22(30)15-26-21-13-25(8-7-9-25)31-23-19(21)11-18(14-27-23)12-24(4,5)6/h11,14,16,20-22,26,30H,7-10,12-13,15H2,1-6H3,(H,28,29)/t20-,21-,22+/m0/s1. The Morgan fingerprint density at radius 1 is 1.35 bits per heavy atom. The third-order valence-electron chi connectivity index (χ3n) is 6.35. The van der Waals surface area contributed by atoms with Crippen LogP contribution in [-0.2, 0) is 11.2 Å². The Bertz CT molecular complexity index is 768. The molecule has 3 rings (SSSR count). The number of fused-ring (bicyclic) bond motifs is 1. The van der Waals surface area contributed by atoms with E-state index in [1.165, 1.54) is 18.9 Å². The van der Waals surface area contributed by atoms with Crippen molar-refractivity contribution in [1.29, 1.82) is 0 Å². The van der Waals surface area contributed by atoms with E-state index >= 15 is 0 Å². The molecule has 0 radical (unpaired) electrons. The molecule has 3 atom stereocenters. The maximum absolute atomic E-state index is 11.6. The van der Waals surface area contributed by atoms with Gasteiger partial charge in [0.2, 0.25) is 11.8 Å². The van der Waals surface area contributed by atoms with Crippen molar-refractivity contribution in [1.82, 2.24) is 15.6 Å². The third kappa shape index (κ3) is 6.42. The van der Waals surface area contributed by atoms with E-state index in [2.05, 4.69) is 51.3 Å². The normalized spacial score (nSPS) is 21.7. The van der Waals surface area contributed by atoms with Gasteiger partial charge in [-0.25, -0.2) is 4.98 Å². The molecular weight excluding hydrogens is 390 g/mol. The van der Waals surface area contributed by atoms with Crippen molar-refractivity contribution in [2.75, 3.05) is 6.54 Å². The lowest BCUT2D eigenvalue weighted by Gasteiger charge is -2.47. The van der Waals surface area contributed by atoms with Crippen molar-refractivity contribution in [2.24, 2.45) is 11.3 Å². The molecule has 1 aromatic rings. The summed E-state index contributed by atoms with van der Waals surface area (Å²) in [7, 11) is 0. The molecule has 1 fully saturated rings. The average molecular weight is 432 g/mol. The van der Waals surface area contributed by atoms with Crippen LogP contribution in [0.25, 0.3) is 0 Å². The molecule has 0 unspecified atom stereocenters. The Kier molecular flexibility index (Phi) is 7.32. The average Bonchev–Trinajstić information content (AvgIpc) is 2.62. The molecule has 1 amide bonds. The molecule has 1 spiro atoms. The molecule has 1 saturated carbocycles. The number of ether oxygens (including phenoxy) is 1. The molecule has 31 heavy (non-hydrogen) atoms. The van der Waals surface area contributed by atoms with Gasteiger partial charge in [0.05, 0.1) is 12.1 Å². The fourth-order valence-electron chi connectivity index (χ4n) is 4.83. The van der Waals surface area contributed by atoms with E-state index in [9.17, 15) is 9.90 Å². The number of nitrogens with one attached hydrogen (secondary N) is 2. The highest BCUT2D eigenvalue weighted by Gasteiger charge is 2.46. The van der Waals surface area contributed by atoms with Crippen LogP contribution in [0, 0.1) is 11.3 Å². The Labute approximate surface area is 187 Å². The van der Waals surface area contributed by atoms with Crippen molar-refractivity contribution in [3.8, 4) is 5.88 Å². The molecule has 6 nitrogen and oxygen atoms in total. The van der Waals surface area contributed by atoms with Crippen LogP contribution in [0.3, 0.4) is 0 Å². The van der Waals surface area contributed by atoms with Crippen LogP contribution < -0.4 is 15.4 Å². The highest BCUT2D eigenvalue weighted by molar-refractivity contribution is 5.73. The van der Waals surface area contributed by atoms with Crippen molar-refractivity contribution < 1.29 is 14.6 Å². The highest BCUT2D eigenvalue weighted by Crippen LogP contribution is 2.48. The Morgan fingerprint density at radius 3 is 2.61 bits per heavy atom. The van der Waals surface area contributed by atoms with Gasteiger partial charge >= 0.3 is 0 Å². The second-order valence-electron chi connectivity index (χ2n) is 11.3. The van der Waals surface area contributed by atoms with Crippen LogP contribution in [0.1, 0.15) is 90.8 Å². The monoisotopic (exact) mass is 431 g/mol. The van der Waals surface area contributed by atoms with Gasteiger partial charge in [0.1, 0.15) is 5.60 Å². The number of aliphatic hydroxyl groups is 1. The maximum atomic E-state index is 11.6. The lowest BCUT2D eigenvalue weighted by atomic mass is 9.73. The smallest absolute Gasteiger partial charge is 0.218 e. The minimum Gasteiger partial charge on any atom is -0.471 e. The zero-order valence-corrected chi connectivity index (χ0v) is 20.1. The van der Waals surface area contributed by atoms with Gasteiger partial charge < -0.3 is 20.5 Å². The molecule has 0 bridgehead atoms. The summed E-state index contributed by atoms with van der Waals surface area (Å²) in [6.45, 7) is 12.8. The van der Waals surface area contributed by atoms with Crippen molar-refractivity contribution >= 4 is 5.91 Å². The fourth-order valence-corrected chi connectivity index (χ4v) is 4.83. The second-order valence-corrected chi connectivity index (χ2v) is 11.3. The number of aliphatic hydroxyl groups excluding tert-OH is 1. The first-order valence-corrected chi connectivity index (χ1v) is 11.8. The molecule has 1 aliphatic heterocycles. The second kappa shape index (κ2) is 9.45. The van der Waals surface area contributed by atoms with Gasteiger partial charge in [0.25, 0.3) is 0 Å². The van der Waals surface area contributed by atoms with Crippen molar-refractivity contribution in [2.45, 2.75) is 104 Å². The Balaban J connectivity index is 1.76. The van der Waals surface area contributed by atoms with Crippen LogP contribution >= 0.6 is 0 Å². The Morgan fingerprint density at radius 2 is 2.06 bits per heavy atom. The fraction of sp³-hybridized carbons (Fsp3) is 0.760. The van der Waals surface area contributed by atoms with E-state index in [0.29, 0.717) is 12.5 Å². The molecule has 0 aromatic carbocycles. The van der Waals surface area contributed by atoms with Crippen molar-refractivity contribution in [3.05, 3.63) is 23.4 Å². The SMILES string of the molecule is CC(=O)N[C@@H](CC(C)C)[C@H](O)CN[C@H]1CC2(CCC2)Oc2ncc(CC(C)(C)C)cc21. The van der Waals surface area contributed by atoms with Crippen LogP contribution in [0.5, 0.6) is 5.88 Å². The summed E-state index contributed by atoms with van der Waals surface area (Å²) < 4.78 is 6.36. The van der Waals surface area contributed by atoms with Crippen LogP contribution in [0.2, 0.25) is 0 Å². The summed E-state index contributed by atoms with van der Waals surface area (Å²) in [5.74, 6) is 1.01. The number of nitrogens with zero attached hydrogens (tertiary/aromatic N) is 1. The maximum Gasteiger partial charge on any atom is 0.218 e. The van der Waals surface area contributed by atoms with Crippen molar-refractivity contribution in [3.63, 3.8) is 0 Å². The summed E-state index contributed by atoms with van der Waals surface area (Å²) in [5, 5.41) is 17.4. The lowest BCUT2D eigenvalue weighted by molar-refractivity contribution is -0.120. The largest absolute Gasteiger partial charge is 0.471 e. The van der Waals surface area contributed by atoms with E-state index in [1.807, 2.05) is 6.20 Å². The van der Waals surface area contributed by atoms with E-state index in [4.69, 9.17) is 9.72 Å². The zero-order valence-electron chi connectivity index (χ0n) is 20.1. The predicted molar refractivity (Wildman–Crippen MR) is 123 cm³/mol. The molecular formula is C25H41N3O3. The predicted octanol–water partition coefficient (Wildman–Crippen LogP) is 3.92. The van der Waals surface area contributed by atoms with Gasteiger partial charge in [-0.05, 0) is 55.1 Å². The molecule has 174 valence electrons. The number of hydrogen-bond donors (Lipinski definition) is 3. The number of aromatic nitrogens is 1. The Hall–Kier alpha value is -1.66. The highest BCUT2D eigenvalue weighted by atomic mass is 16.5. The minimum absolute atomic E-state index is 0.0862. The van der Waals surface area contributed by atoms with E-state index in [0.717, 1.165) is 43.5 Å². The first-order chi connectivity index (χ1) is 14.5. The molecule has 2 aliphatic rings. The van der Waals surface area contributed by atoms with E-state index in [1.54, 1.807) is 0 Å². The van der Waals surface area contributed by atoms with Gasteiger partial charge in [-0.15, -0.1) is 0 Å². The number of amides is 1. The summed E-state index contributed by atoms with van der Waals surface area (Å²) in [6, 6.07) is 2.05. The van der Waals surface area contributed by atoms with Gasteiger partial charge in [-0.3, -0.25) is 4.79 Å². The summed E-state index contributed by atoms with van der Waals surface area (Å²) in [4.78, 5) is 16.3. The molecule has 0 saturated heterocycles. The van der Waals surface area contributed by atoms with Gasteiger partial charge in [-0.1, -0.05) is 34.6 Å². The molecule has 2 heterocycles. The summed E-state index contributed by atoms with van der Waals surface area (Å²) in [6.07, 6.45) is 7.18. The van der Waals surface area contributed by atoms with Crippen LogP contribution in [-0.4, -0.2) is 40.3 Å². The quantitative estimate of drug-likeness (QED) is 0.581. The number of carbonyl (C=O) groups excluding carboxylic acids is 1. The topological polar surface area (TPSA) is 83.5 Å². The van der Waals surface area contributed by atoms with Gasteiger partial charge in [0.15, 0.2) is 0 Å². The van der Waals surface area contributed by atoms with Gasteiger partial charge in [-0.2, -0.15) is 0 Å². The number of carbonyl (C=O) groups is 1. The summed E-state index contributed by atoms with van der Waals surface area (Å²) >= 11 is 0.